The van der Waals surface area contributed by atoms with Crippen LogP contribution in [0.15, 0.2) is 12.2 Å². The largest absolute Gasteiger partial charge is 0.459 e. The number of hydrogen-bond donors (Lipinski definition) is 1. The molecule has 0 spiro atoms. The maximum atomic E-state index is 11.8. The van der Waals surface area contributed by atoms with E-state index in [1.54, 1.807) is 6.92 Å². The van der Waals surface area contributed by atoms with Gasteiger partial charge in [0.1, 0.15) is 6.10 Å². The van der Waals surface area contributed by atoms with Gasteiger partial charge in [0.05, 0.1) is 0 Å². The molecule has 5 atom stereocenters. The molecule has 3 fully saturated rings. The lowest BCUT2D eigenvalue weighted by Crippen LogP contribution is -2.34. The normalized spacial score (nSPS) is 38.3. The van der Waals surface area contributed by atoms with E-state index >= 15 is 0 Å². The molecule has 118 valence electrons. The van der Waals surface area contributed by atoms with Gasteiger partial charge < -0.3 is 9.84 Å². The van der Waals surface area contributed by atoms with E-state index in [0.717, 1.165) is 24.2 Å². The topological polar surface area (TPSA) is 46.5 Å². The molecule has 2 bridgehead atoms. The van der Waals surface area contributed by atoms with Crippen LogP contribution in [-0.2, 0) is 9.53 Å². The van der Waals surface area contributed by atoms with Crippen molar-refractivity contribution < 1.29 is 14.6 Å². The number of hydrogen-bond acceptors (Lipinski definition) is 3. The van der Waals surface area contributed by atoms with Crippen LogP contribution in [0, 0.1) is 23.2 Å². The standard InChI is InChI=1S/C18H28O3/c1-12(2)17(20)21-14(7-9-19)11-18-8-6-13(10-18)15-4-3-5-16(15)18/h13-16,19H,1,3-11H2,2H3. The Morgan fingerprint density at radius 3 is 2.95 bits per heavy atom. The van der Waals surface area contributed by atoms with Gasteiger partial charge in [-0.05, 0) is 68.6 Å². The summed E-state index contributed by atoms with van der Waals surface area (Å²) < 4.78 is 5.61. The zero-order valence-electron chi connectivity index (χ0n) is 13.1. The van der Waals surface area contributed by atoms with E-state index in [1.165, 1.54) is 38.5 Å². The molecule has 3 aliphatic rings. The number of carbonyl (C=O) groups is 1. The van der Waals surface area contributed by atoms with Crippen LogP contribution in [0.25, 0.3) is 0 Å². The molecule has 3 heteroatoms. The second-order valence-electron chi connectivity index (χ2n) is 7.59. The molecule has 3 nitrogen and oxygen atoms in total. The Bertz CT molecular complexity index is 430. The fourth-order valence-electron chi connectivity index (χ4n) is 5.60. The first-order chi connectivity index (χ1) is 10.1. The second-order valence-corrected chi connectivity index (χ2v) is 7.59. The van der Waals surface area contributed by atoms with Crippen molar-refractivity contribution in [1.29, 1.82) is 0 Å². The molecule has 0 saturated heterocycles. The van der Waals surface area contributed by atoms with E-state index in [1.807, 2.05) is 0 Å². The van der Waals surface area contributed by atoms with Crippen molar-refractivity contribution in [2.75, 3.05) is 6.61 Å². The van der Waals surface area contributed by atoms with E-state index in [-0.39, 0.29) is 18.7 Å². The number of aliphatic hydroxyl groups is 1. The highest BCUT2D eigenvalue weighted by molar-refractivity contribution is 5.87. The molecular formula is C18H28O3. The summed E-state index contributed by atoms with van der Waals surface area (Å²) in [5.41, 5.74) is 0.839. The molecule has 1 N–H and O–H groups in total. The number of esters is 1. The smallest absolute Gasteiger partial charge is 0.333 e. The third-order valence-electron chi connectivity index (χ3n) is 6.35. The van der Waals surface area contributed by atoms with Crippen LogP contribution in [0.3, 0.4) is 0 Å². The van der Waals surface area contributed by atoms with Crippen molar-refractivity contribution in [1.82, 2.24) is 0 Å². The van der Waals surface area contributed by atoms with E-state index < -0.39 is 0 Å². The molecule has 0 aromatic carbocycles. The van der Waals surface area contributed by atoms with Crippen LogP contribution >= 0.6 is 0 Å². The lowest BCUT2D eigenvalue weighted by atomic mass is 9.68. The van der Waals surface area contributed by atoms with Gasteiger partial charge >= 0.3 is 5.97 Å². The molecule has 5 unspecified atom stereocenters. The van der Waals surface area contributed by atoms with Crippen LogP contribution in [0.5, 0.6) is 0 Å². The van der Waals surface area contributed by atoms with Crippen molar-refractivity contribution in [3.05, 3.63) is 12.2 Å². The van der Waals surface area contributed by atoms with Gasteiger partial charge in [0.2, 0.25) is 0 Å². The number of carbonyl (C=O) groups excluding carboxylic acids is 1. The SMILES string of the molecule is C=C(C)C(=O)OC(CCO)CC12CCC(C1)C1CCCC12. The first-order valence-corrected chi connectivity index (χ1v) is 8.53. The third kappa shape index (κ3) is 2.65. The predicted molar refractivity (Wildman–Crippen MR) is 81.6 cm³/mol. The van der Waals surface area contributed by atoms with Crippen molar-refractivity contribution >= 4 is 5.97 Å². The summed E-state index contributed by atoms with van der Waals surface area (Å²) in [6, 6.07) is 0. The Morgan fingerprint density at radius 1 is 1.43 bits per heavy atom. The summed E-state index contributed by atoms with van der Waals surface area (Å²) in [5, 5.41) is 9.30. The molecule has 0 aliphatic heterocycles. The highest BCUT2D eigenvalue weighted by Gasteiger charge is 2.58. The molecule has 0 amide bonds. The summed E-state index contributed by atoms with van der Waals surface area (Å²) in [7, 11) is 0. The second kappa shape index (κ2) is 5.75. The van der Waals surface area contributed by atoms with Crippen molar-refractivity contribution in [3.8, 4) is 0 Å². The highest BCUT2D eigenvalue weighted by atomic mass is 16.5. The predicted octanol–water partition coefficient (Wildman–Crippen LogP) is 3.46. The monoisotopic (exact) mass is 292 g/mol. The minimum atomic E-state index is -0.305. The number of aliphatic hydroxyl groups excluding tert-OH is 1. The molecule has 3 rings (SSSR count). The van der Waals surface area contributed by atoms with Crippen molar-refractivity contribution in [3.63, 3.8) is 0 Å². The molecule has 0 heterocycles. The molecule has 0 radical (unpaired) electrons. The quantitative estimate of drug-likeness (QED) is 0.602. The minimum Gasteiger partial charge on any atom is -0.459 e. The van der Waals surface area contributed by atoms with E-state index in [2.05, 4.69) is 6.58 Å². The third-order valence-corrected chi connectivity index (χ3v) is 6.35. The molecule has 3 saturated carbocycles. The first-order valence-electron chi connectivity index (χ1n) is 8.53. The zero-order valence-corrected chi connectivity index (χ0v) is 13.1. The van der Waals surface area contributed by atoms with Gasteiger partial charge in [0.15, 0.2) is 0 Å². The first kappa shape index (κ1) is 15.1. The molecule has 3 aliphatic carbocycles. The number of rotatable bonds is 6. The summed E-state index contributed by atoms with van der Waals surface area (Å²) in [4.78, 5) is 11.8. The maximum absolute atomic E-state index is 11.8. The maximum Gasteiger partial charge on any atom is 0.333 e. The molecular weight excluding hydrogens is 264 g/mol. The Morgan fingerprint density at radius 2 is 2.24 bits per heavy atom. The van der Waals surface area contributed by atoms with Crippen LogP contribution in [0.4, 0.5) is 0 Å². The average Bonchev–Trinajstić information content (AvgIpc) is 3.10. The van der Waals surface area contributed by atoms with E-state index in [9.17, 15) is 9.90 Å². The summed E-state index contributed by atoms with van der Waals surface area (Å²) in [6.07, 6.45) is 9.50. The van der Waals surface area contributed by atoms with Crippen LogP contribution in [-0.4, -0.2) is 23.8 Å². The number of ether oxygens (including phenoxy) is 1. The lowest BCUT2D eigenvalue weighted by molar-refractivity contribution is -0.147. The Hall–Kier alpha value is -0.830. The van der Waals surface area contributed by atoms with Gasteiger partial charge in [-0.15, -0.1) is 0 Å². The van der Waals surface area contributed by atoms with Crippen molar-refractivity contribution in [2.45, 2.75) is 64.4 Å². The molecule has 21 heavy (non-hydrogen) atoms. The zero-order chi connectivity index (χ0) is 15.0. The van der Waals surface area contributed by atoms with Gasteiger partial charge in [-0.25, -0.2) is 4.79 Å². The van der Waals surface area contributed by atoms with E-state index in [4.69, 9.17) is 4.74 Å². The van der Waals surface area contributed by atoms with Gasteiger partial charge in [0.25, 0.3) is 0 Å². The molecule has 0 aromatic heterocycles. The van der Waals surface area contributed by atoms with Crippen LogP contribution in [0.1, 0.15) is 58.3 Å². The van der Waals surface area contributed by atoms with Crippen LogP contribution < -0.4 is 0 Å². The fourth-order valence-corrected chi connectivity index (χ4v) is 5.60. The van der Waals surface area contributed by atoms with Gasteiger partial charge in [-0.3, -0.25) is 0 Å². The van der Waals surface area contributed by atoms with Gasteiger partial charge in [-0.2, -0.15) is 0 Å². The van der Waals surface area contributed by atoms with E-state index in [0.29, 0.717) is 17.4 Å². The summed E-state index contributed by atoms with van der Waals surface area (Å²) in [5.74, 6) is 2.40. The minimum absolute atomic E-state index is 0.0851. The highest BCUT2D eigenvalue weighted by Crippen LogP contribution is 2.67. The fraction of sp³-hybridized carbons (Fsp3) is 0.833. The number of fused-ring (bicyclic) bond motifs is 5. The van der Waals surface area contributed by atoms with Gasteiger partial charge in [-0.1, -0.05) is 13.0 Å². The van der Waals surface area contributed by atoms with Gasteiger partial charge in [0, 0.05) is 18.6 Å². The summed E-state index contributed by atoms with van der Waals surface area (Å²) in [6.45, 7) is 5.43. The Labute approximate surface area is 127 Å². The Balaban J connectivity index is 1.70. The van der Waals surface area contributed by atoms with Crippen LogP contribution in [0.2, 0.25) is 0 Å². The van der Waals surface area contributed by atoms with Crippen molar-refractivity contribution in [2.24, 2.45) is 23.2 Å². The average molecular weight is 292 g/mol. The lowest BCUT2D eigenvalue weighted by Gasteiger charge is -2.38. The Kier molecular flexibility index (Phi) is 4.13. The summed E-state index contributed by atoms with van der Waals surface area (Å²) >= 11 is 0. The molecule has 0 aromatic rings.